The molecule has 0 bridgehead atoms. The number of halogens is 2. The van der Waals surface area contributed by atoms with Crippen LogP contribution in [0.3, 0.4) is 0 Å². The first-order valence-corrected chi connectivity index (χ1v) is 6.50. The molecule has 1 N–H and O–H groups in total. The molecule has 3 nitrogen and oxygen atoms in total. The molecule has 0 atom stereocenters. The third-order valence-corrected chi connectivity index (χ3v) is 3.05. The Balaban J connectivity index is 0.00000162. The Labute approximate surface area is 128 Å². The summed E-state index contributed by atoms with van der Waals surface area (Å²) >= 11 is 0. The van der Waals surface area contributed by atoms with Gasteiger partial charge in [0.15, 0.2) is 0 Å². The van der Waals surface area contributed by atoms with Gasteiger partial charge in [-0.15, -0.1) is 24.8 Å². The molecule has 0 amide bonds. The summed E-state index contributed by atoms with van der Waals surface area (Å²) in [5, 5.41) is 3.39. The van der Waals surface area contributed by atoms with Crippen molar-refractivity contribution in [2.24, 2.45) is 0 Å². The second kappa shape index (κ2) is 11.5. The van der Waals surface area contributed by atoms with Gasteiger partial charge in [-0.2, -0.15) is 0 Å². The molecule has 5 heteroatoms. The lowest BCUT2D eigenvalue weighted by atomic mass is 10.2. The minimum Gasteiger partial charge on any atom is -0.379 e. The molecule has 1 fully saturated rings. The molecule has 110 valence electrons. The largest absolute Gasteiger partial charge is 0.379 e. The van der Waals surface area contributed by atoms with E-state index in [4.69, 9.17) is 4.74 Å². The maximum absolute atomic E-state index is 5.57. The van der Waals surface area contributed by atoms with Gasteiger partial charge >= 0.3 is 0 Å². The molecular formula is C14H24Cl2N2O. The molecule has 0 unspecified atom stereocenters. The van der Waals surface area contributed by atoms with Gasteiger partial charge in [0.2, 0.25) is 0 Å². The number of hydrogen-bond acceptors (Lipinski definition) is 3. The van der Waals surface area contributed by atoms with Crippen LogP contribution in [0.15, 0.2) is 30.3 Å². The minimum atomic E-state index is 0. The lowest BCUT2D eigenvalue weighted by molar-refractivity contribution is 0.0965. The Kier molecular flexibility index (Phi) is 11.3. The number of hydrogen-bond donors (Lipinski definition) is 1. The van der Waals surface area contributed by atoms with E-state index in [1.165, 1.54) is 12.0 Å². The molecule has 2 rings (SSSR count). The summed E-state index contributed by atoms with van der Waals surface area (Å²) in [6.45, 7) is 6.96. The molecule has 19 heavy (non-hydrogen) atoms. The molecule has 1 aliphatic rings. The van der Waals surface area contributed by atoms with E-state index in [0.29, 0.717) is 0 Å². The van der Waals surface area contributed by atoms with E-state index in [0.717, 1.165) is 45.9 Å². The highest BCUT2D eigenvalue weighted by atomic mass is 35.5. The fourth-order valence-electron chi connectivity index (χ4n) is 2.10. The van der Waals surface area contributed by atoms with Gasteiger partial charge in [0.25, 0.3) is 0 Å². The maximum Gasteiger partial charge on any atom is 0.0594 e. The van der Waals surface area contributed by atoms with Crippen LogP contribution in [-0.2, 0) is 11.3 Å². The Morgan fingerprint density at radius 3 is 2.58 bits per heavy atom. The fraction of sp³-hybridized carbons (Fsp3) is 0.571. The normalized spacial score (nSPS) is 17.9. The lowest BCUT2D eigenvalue weighted by Gasteiger charge is -2.23. The summed E-state index contributed by atoms with van der Waals surface area (Å²) in [5.41, 5.74) is 1.39. The smallest absolute Gasteiger partial charge is 0.0594 e. The highest BCUT2D eigenvalue weighted by molar-refractivity contribution is 5.85. The first-order chi connectivity index (χ1) is 8.45. The second-order valence-corrected chi connectivity index (χ2v) is 4.48. The summed E-state index contributed by atoms with van der Waals surface area (Å²) in [5.74, 6) is 0. The Bertz CT molecular complexity index is 302. The Morgan fingerprint density at radius 1 is 1.00 bits per heavy atom. The molecule has 0 aliphatic carbocycles. The van der Waals surface area contributed by atoms with Crippen LogP contribution >= 0.6 is 24.8 Å². The number of nitrogens with zero attached hydrogens (tertiary/aromatic N) is 1. The van der Waals surface area contributed by atoms with Crippen molar-refractivity contribution in [2.45, 2.75) is 13.0 Å². The van der Waals surface area contributed by atoms with Gasteiger partial charge in [-0.3, -0.25) is 4.90 Å². The van der Waals surface area contributed by atoms with Crippen LogP contribution in [0.5, 0.6) is 0 Å². The third-order valence-electron chi connectivity index (χ3n) is 3.05. The zero-order chi connectivity index (χ0) is 11.8. The predicted molar refractivity (Wildman–Crippen MR) is 84.5 cm³/mol. The van der Waals surface area contributed by atoms with Crippen molar-refractivity contribution < 1.29 is 4.74 Å². The molecular weight excluding hydrogens is 283 g/mol. The van der Waals surface area contributed by atoms with Gasteiger partial charge in [0.05, 0.1) is 13.2 Å². The fourth-order valence-corrected chi connectivity index (χ4v) is 2.10. The molecule has 0 saturated carbocycles. The summed E-state index contributed by atoms with van der Waals surface area (Å²) in [7, 11) is 0. The number of nitrogens with one attached hydrogen (secondary N) is 1. The maximum atomic E-state index is 5.57. The Morgan fingerprint density at radius 2 is 1.79 bits per heavy atom. The van der Waals surface area contributed by atoms with Crippen molar-refractivity contribution in [2.75, 3.05) is 39.4 Å². The number of rotatable bonds is 2. The van der Waals surface area contributed by atoms with Crippen LogP contribution in [0.1, 0.15) is 12.0 Å². The second-order valence-electron chi connectivity index (χ2n) is 4.48. The van der Waals surface area contributed by atoms with Crippen LogP contribution < -0.4 is 5.32 Å². The summed E-state index contributed by atoms with van der Waals surface area (Å²) in [6, 6.07) is 10.7. The van der Waals surface area contributed by atoms with E-state index in [-0.39, 0.29) is 24.8 Å². The third kappa shape index (κ3) is 7.75. The first-order valence-electron chi connectivity index (χ1n) is 6.50. The molecule has 0 radical (unpaired) electrons. The van der Waals surface area contributed by atoms with Crippen molar-refractivity contribution in [3.8, 4) is 0 Å². The van der Waals surface area contributed by atoms with Crippen molar-refractivity contribution in [1.82, 2.24) is 10.2 Å². The molecule has 0 aromatic heterocycles. The van der Waals surface area contributed by atoms with Gasteiger partial charge in [0, 0.05) is 19.6 Å². The van der Waals surface area contributed by atoms with Crippen molar-refractivity contribution >= 4 is 24.8 Å². The van der Waals surface area contributed by atoms with E-state index >= 15 is 0 Å². The van der Waals surface area contributed by atoms with Crippen LogP contribution in [0, 0.1) is 0 Å². The highest BCUT2D eigenvalue weighted by Gasteiger charge is 2.06. The molecule has 0 spiro atoms. The molecule has 1 heterocycles. The monoisotopic (exact) mass is 306 g/mol. The molecule has 1 aromatic carbocycles. The molecule has 1 aromatic rings. The first kappa shape index (κ1) is 18.7. The van der Waals surface area contributed by atoms with E-state index in [1.807, 2.05) is 0 Å². The van der Waals surface area contributed by atoms with Crippen molar-refractivity contribution in [3.63, 3.8) is 0 Å². The minimum absolute atomic E-state index is 0. The van der Waals surface area contributed by atoms with E-state index in [1.54, 1.807) is 0 Å². The summed E-state index contributed by atoms with van der Waals surface area (Å²) in [4.78, 5) is 2.47. The van der Waals surface area contributed by atoms with E-state index in [9.17, 15) is 0 Å². The summed E-state index contributed by atoms with van der Waals surface area (Å²) in [6.07, 6.45) is 1.22. The topological polar surface area (TPSA) is 24.5 Å². The van der Waals surface area contributed by atoms with E-state index < -0.39 is 0 Å². The average molecular weight is 307 g/mol. The number of ether oxygens (including phenoxy) is 1. The molecule has 1 aliphatic heterocycles. The highest BCUT2D eigenvalue weighted by Crippen LogP contribution is 2.05. The quantitative estimate of drug-likeness (QED) is 0.908. The zero-order valence-corrected chi connectivity index (χ0v) is 12.8. The summed E-state index contributed by atoms with van der Waals surface area (Å²) < 4.78 is 5.57. The zero-order valence-electron chi connectivity index (χ0n) is 11.2. The van der Waals surface area contributed by atoms with Gasteiger partial charge in [-0.25, -0.2) is 0 Å². The lowest BCUT2D eigenvalue weighted by Crippen LogP contribution is -2.33. The van der Waals surface area contributed by atoms with Crippen LogP contribution in [-0.4, -0.2) is 44.3 Å². The van der Waals surface area contributed by atoms with Gasteiger partial charge in [-0.05, 0) is 25.1 Å². The van der Waals surface area contributed by atoms with Crippen LogP contribution in [0.4, 0.5) is 0 Å². The SMILES string of the molecule is Cl.Cl.c1ccc(CN2CCCNCCOCC2)cc1. The molecule has 1 saturated heterocycles. The van der Waals surface area contributed by atoms with Gasteiger partial charge in [0.1, 0.15) is 0 Å². The average Bonchev–Trinajstić information content (AvgIpc) is 2.38. The van der Waals surface area contributed by atoms with Gasteiger partial charge < -0.3 is 10.1 Å². The van der Waals surface area contributed by atoms with Crippen LogP contribution in [0.2, 0.25) is 0 Å². The van der Waals surface area contributed by atoms with Crippen molar-refractivity contribution in [3.05, 3.63) is 35.9 Å². The van der Waals surface area contributed by atoms with Crippen LogP contribution in [0.25, 0.3) is 0 Å². The van der Waals surface area contributed by atoms with E-state index in [2.05, 4.69) is 40.5 Å². The number of benzene rings is 1. The van der Waals surface area contributed by atoms with Gasteiger partial charge in [-0.1, -0.05) is 30.3 Å². The predicted octanol–water partition coefficient (Wildman–Crippen LogP) is 2.34. The standard InChI is InChI=1S/C14H22N2O.2ClH/c1-2-5-14(6-3-1)13-16-9-4-7-15-8-11-17-12-10-16;;/h1-3,5-6,15H,4,7-13H2;2*1H. The Hall–Kier alpha value is -0.320. The van der Waals surface area contributed by atoms with Crippen molar-refractivity contribution in [1.29, 1.82) is 0 Å².